The summed E-state index contributed by atoms with van der Waals surface area (Å²) in [6, 6.07) is 10.1. The Labute approximate surface area is 123 Å². The first kappa shape index (κ1) is 14.8. The van der Waals surface area contributed by atoms with Gasteiger partial charge in [0.05, 0.1) is 10.0 Å². The zero-order valence-electron chi connectivity index (χ0n) is 9.95. The summed E-state index contributed by atoms with van der Waals surface area (Å²) in [5.41, 5.74) is 0.390. The molecule has 0 radical (unpaired) electrons. The number of rotatable bonds is 4. The van der Waals surface area contributed by atoms with E-state index in [0.717, 1.165) is 0 Å². The van der Waals surface area contributed by atoms with E-state index in [0.29, 0.717) is 0 Å². The largest absolute Gasteiger partial charge is 0.435 e. The summed E-state index contributed by atoms with van der Waals surface area (Å²) < 4.78 is 28.5. The van der Waals surface area contributed by atoms with Gasteiger partial charge in [0, 0.05) is 11.1 Å². The number of ketones is 1. The van der Waals surface area contributed by atoms with E-state index < -0.39 is 12.4 Å². The van der Waals surface area contributed by atoms with Crippen LogP contribution in [0.15, 0.2) is 42.5 Å². The highest BCUT2D eigenvalue weighted by atomic mass is 35.5. The second-order valence-corrected chi connectivity index (χ2v) is 4.62. The molecule has 0 aromatic heterocycles. The zero-order valence-corrected chi connectivity index (χ0v) is 11.5. The number of benzene rings is 2. The SMILES string of the molecule is O=C(c1cccc(OC(F)F)c1)c1cccc(Cl)c1Cl. The zero-order chi connectivity index (χ0) is 14.7. The summed E-state index contributed by atoms with van der Waals surface area (Å²) in [5.74, 6) is -0.513. The number of hydrogen-bond acceptors (Lipinski definition) is 2. The van der Waals surface area contributed by atoms with Crippen LogP contribution in [0.25, 0.3) is 0 Å². The van der Waals surface area contributed by atoms with Gasteiger partial charge in [0.15, 0.2) is 5.78 Å². The van der Waals surface area contributed by atoms with Gasteiger partial charge in [-0.1, -0.05) is 41.4 Å². The summed E-state index contributed by atoms with van der Waals surface area (Å²) >= 11 is 11.8. The molecule has 20 heavy (non-hydrogen) atoms. The Balaban J connectivity index is 2.36. The molecule has 0 atom stereocenters. The van der Waals surface area contributed by atoms with E-state index in [1.807, 2.05) is 0 Å². The molecule has 0 aliphatic rings. The minimum atomic E-state index is -2.95. The Hall–Kier alpha value is -1.65. The van der Waals surface area contributed by atoms with Gasteiger partial charge in [-0.15, -0.1) is 0 Å². The lowest BCUT2D eigenvalue weighted by molar-refractivity contribution is -0.0498. The first-order chi connectivity index (χ1) is 9.49. The smallest absolute Gasteiger partial charge is 0.387 e. The van der Waals surface area contributed by atoms with Gasteiger partial charge >= 0.3 is 6.61 Å². The molecule has 0 unspecified atom stereocenters. The van der Waals surface area contributed by atoms with Gasteiger partial charge in [-0.05, 0) is 24.3 Å². The fourth-order valence-corrected chi connectivity index (χ4v) is 2.03. The Morgan fingerprint density at radius 3 is 2.50 bits per heavy atom. The molecular weight excluding hydrogens is 309 g/mol. The minimum Gasteiger partial charge on any atom is -0.435 e. The van der Waals surface area contributed by atoms with Crippen molar-refractivity contribution in [2.45, 2.75) is 6.61 Å². The van der Waals surface area contributed by atoms with E-state index in [-0.39, 0.29) is 26.9 Å². The second kappa shape index (κ2) is 6.20. The molecule has 2 aromatic rings. The van der Waals surface area contributed by atoms with Crippen LogP contribution in [0.4, 0.5) is 8.78 Å². The quantitative estimate of drug-likeness (QED) is 0.755. The summed E-state index contributed by atoms with van der Waals surface area (Å²) in [5, 5.41) is 0.372. The highest BCUT2D eigenvalue weighted by molar-refractivity contribution is 6.44. The van der Waals surface area contributed by atoms with E-state index in [1.54, 1.807) is 12.1 Å². The Morgan fingerprint density at radius 2 is 1.80 bits per heavy atom. The molecule has 2 rings (SSSR count). The van der Waals surface area contributed by atoms with E-state index in [4.69, 9.17) is 23.2 Å². The van der Waals surface area contributed by atoms with Crippen LogP contribution in [0.1, 0.15) is 15.9 Å². The molecule has 0 saturated carbocycles. The van der Waals surface area contributed by atoms with Crippen molar-refractivity contribution in [2.75, 3.05) is 0 Å². The lowest BCUT2D eigenvalue weighted by Crippen LogP contribution is -2.05. The second-order valence-electron chi connectivity index (χ2n) is 3.84. The minimum absolute atomic E-state index is 0.0935. The number of carbonyl (C=O) groups excluding carboxylic acids is 1. The predicted molar refractivity (Wildman–Crippen MR) is 73.0 cm³/mol. The van der Waals surface area contributed by atoms with Crippen LogP contribution in [0.5, 0.6) is 5.75 Å². The van der Waals surface area contributed by atoms with E-state index in [9.17, 15) is 13.6 Å². The number of carbonyl (C=O) groups is 1. The van der Waals surface area contributed by atoms with Crippen LogP contribution in [0.2, 0.25) is 10.0 Å². The van der Waals surface area contributed by atoms with E-state index in [2.05, 4.69) is 4.74 Å². The summed E-state index contributed by atoms with van der Waals surface area (Å²) in [6.45, 7) is -2.95. The van der Waals surface area contributed by atoms with Crippen molar-refractivity contribution >= 4 is 29.0 Å². The number of alkyl halides is 2. The van der Waals surface area contributed by atoms with Gasteiger partial charge in [0.25, 0.3) is 0 Å². The molecule has 104 valence electrons. The molecule has 6 heteroatoms. The van der Waals surface area contributed by atoms with Crippen LogP contribution in [-0.2, 0) is 0 Å². The average Bonchev–Trinajstić information content (AvgIpc) is 2.41. The molecule has 0 fully saturated rings. The average molecular weight is 317 g/mol. The number of ether oxygens (including phenoxy) is 1. The third-order valence-corrected chi connectivity index (χ3v) is 3.34. The van der Waals surface area contributed by atoms with Gasteiger partial charge in [0.2, 0.25) is 0 Å². The fraction of sp³-hybridized carbons (Fsp3) is 0.0714. The van der Waals surface area contributed by atoms with Crippen molar-refractivity contribution in [1.82, 2.24) is 0 Å². The van der Waals surface area contributed by atoms with Gasteiger partial charge < -0.3 is 4.74 Å². The first-order valence-corrected chi connectivity index (χ1v) is 6.28. The fourth-order valence-electron chi connectivity index (χ4n) is 1.65. The standard InChI is InChI=1S/C14H8Cl2F2O2/c15-11-6-2-5-10(12(11)16)13(19)8-3-1-4-9(7-8)20-14(17)18/h1-7,14H. The molecule has 0 heterocycles. The topological polar surface area (TPSA) is 26.3 Å². The van der Waals surface area contributed by atoms with Crippen molar-refractivity contribution in [2.24, 2.45) is 0 Å². The van der Waals surface area contributed by atoms with Gasteiger partial charge in [-0.3, -0.25) is 4.79 Å². The van der Waals surface area contributed by atoms with Crippen molar-refractivity contribution < 1.29 is 18.3 Å². The summed E-state index contributed by atoms with van der Waals surface area (Å²) in [7, 11) is 0. The number of hydrogen-bond donors (Lipinski definition) is 0. The Morgan fingerprint density at radius 1 is 1.10 bits per heavy atom. The first-order valence-electron chi connectivity index (χ1n) is 5.52. The highest BCUT2D eigenvalue weighted by Gasteiger charge is 2.15. The molecule has 2 aromatic carbocycles. The van der Waals surface area contributed by atoms with Crippen LogP contribution >= 0.6 is 23.2 Å². The molecule has 0 N–H and O–H groups in total. The molecule has 2 nitrogen and oxygen atoms in total. The maximum atomic E-state index is 12.3. The van der Waals surface area contributed by atoms with Gasteiger partial charge in [0.1, 0.15) is 5.75 Å². The monoisotopic (exact) mass is 316 g/mol. The maximum absolute atomic E-state index is 12.3. The van der Waals surface area contributed by atoms with Crippen molar-refractivity contribution in [3.8, 4) is 5.75 Å². The molecule has 0 aliphatic carbocycles. The van der Waals surface area contributed by atoms with Crippen LogP contribution in [0.3, 0.4) is 0 Å². The molecule has 0 aliphatic heterocycles. The normalized spacial score (nSPS) is 10.7. The Kier molecular flexibility index (Phi) is 4.57. The van der Waals surface area contributed by atoms with E-state index >= 15 is 0 Å². The molecule has 0 spiro atoms. The Bertz CT molecular complexity index is 645. The van der Waals surface area contributed by atoms with E-state index in [1.165, 1.54) is 30.3 Å². The molecule has 0 amide bonds. The molecule has 0 bridgehead atoms. The molecular formula is C14H8Cl2F2O2. The highest BCUT2D eigenvalue weighted by Crippen LogP contribution is 2.28. The lowest BCUT2D eigenvalue weighted by atomic mass is 10.0. The third-order valence-electron chi connectivity index (χ3n) is 2.52. The van der Waals surface area contributed by atoms with Crippen molar-refractivity contribution in [3.05, 3.63) is 63.6 Å². The van der Waals surface area contributed by atoms with Crippen molar-refractivity contribution in [3.63, 3.8) is 0 Å². The van der Waals surface area contributed by atoms with Crippen LogP contribution in [-0.4, -0.2) is 12.4 Å². The summed E-state index contributed by atoms with van der Waals surface area (Å²) in [4.78, 5) is 12.3. The number of halogens is 4. The third kappa shape index (κ3) is 3.26. The lowest BCUT2D eigenvalue weighted by Gasteiger charge is -2.08. The summed E-state index contributed by atoms with van der Waals surface area (Å²) in [6.07, 6.45) is 0. The molecule has 0 saturated heterocycles. The van der Waals surface area contributed by atoms with Gasteiger partial charge in [-0.2, -0.15) is 8.78 Å². The van der Waals surface area contributed by atoms with Crippen LogP contribution < -0.4 is 4.74 Å². The predicted octanol–water partition coefficient (Wildman–Crippen LogP) is 4.83. The van der Waals surface area contributed by atoms with Crippen LogP contribution in [0, 0.1) is 0 Å². The maximum Gasteiger partial charge on any atom is 0.387 e. The van der Waals surface area contributed by atoms with Crippen molar-refractivity contribution in [1.29, 1.82) is 0 Å². The van der Waals surface area contributed by atoms with Gasteiger partial charge in [-0.25, -0.2) is 0 Å².